The van der Waals surface area contributed by atoms with Gasteiger partial charge in [0.15, 0.2) is 0 Å². The van der Waals surface area contributed by atoms with Gasteiger partial charge in [-0.1, -0.05) is 19.9 Å². The molecule has 2 atom stereocenters. The van der Waals surface area contributed by atoms with E-state index in [0.29, 0.717) is 36.1 Å². The lowest BCUT2D eigenvalue weighted by Crippen LogP contribution is -2.40. The highest BCUT2D eigenvalue weighted by Crippen LogP contribution is 2.27. The van der Waals surface area contributed by atoms with E-state index >= 15 is 0 Å². The third-order valence-corrected chi connectivity index (χ3v) is 5.86. The van der Waals surface area contributed by atoms with Gasteiger partial charge in [0.2, 0.25) is 0 Å². The Morgan fingerprint density at radius 2 is 2.03 bits per heavy atom. The predicted octanol–water partition coefficient (Wildman–Crippen LogP) is 3.24. The van der Waals surface area contributed by atoms with Crippen LogP contribution in [0, 0.1) is 11.8 Å². The molecule has 30 heavy (non-hydrogen) atoms. The number of hydrogen-bond donors (Lipinski definition) is 2. The summed E-state index contributed by atoms with van der Waals surface area (Å²) in [5.74, 6) is 1.10. The Kier molecular flexibility index (Phi) is 6.92. The molecule has 2 N–H and O–H groups in total. The first-order valence-corrected chi connectivity index (χ1v) is 10.3. The maximum atomic E-state index is 12.8. The summed E-state index contributed by atoms with van der Waals surface area (Å²) in [5, 5.41) is 12.1. The Labute approximate surface area is 177 Å². The van der Waals surface area contributed by atoms with Gasteiger partial charge >= 0.3 is 5.97 Å². The first kappa shape index (κ1) is 21.6. The molecule has 1 aromatic carbocycles. The number of hydrogen-bond acceptors (Lipinski definition) is 5. The quantitative estimate of drug-likeness (QED) is 0.727. The fourth-order valence-corrected chi connectivity index (χ4v) is 3.76. The zero-order valence-electron chi connectivity index (χ0n) is 17.7. The lowest BCUT2D eigenvalue weighted by molar-refractivity contribution is 0.0693. The molecule has 0 unspecified atom stereocenters. The number of carbonyl (C=O) groups is 2. The van der Waals surface area contributed by atoms with Crippen LogP contribution < -0.4 is 15.0 Å². The number of rotatable bonds is 7. The Bertz CT molecular complexity index is 915. The van der Waals surface area contributed by atoms with Crippen LogP contribution in [0.4, 0.5) is 5.82 Å². The number of pyridine rings is 1. The van der Waals surface area contributed by atoms with E-state index < -0.39 is 5.97 Å². The molecule has 0 bridgehead atoms. The molecule has 1 aromatic heterocycles. The number of aromatic nitrogens is 1. The smallest absolute Gasteiger partial charge is 0.339 e. The molecule has 0 saturated carbocycles. The van der Waals surface area contributed by atoms with E-state index in [1.165, 1.54) is 13.2 Å². The van der Waals surface area contributed by atoms with Crippen molar-refractivity contribution in [3.8, 4) is 5.75 Å². The van der Waals surface area contributed by atoms with Crippen molar-refractivity contribution in [2.24, 2.45) is 11.8 Å². The summed E-state index contributed by atoms with van der Waals surface area (Å²) < 4.78 is 5.16. The lowest BCUT2D eigenvalue weighted by atomic mass is 9.88. The van der Waals surface area contributed by atoms with E-state index in [9.17, 15) is 14.7 Å². The molecule has 2 heterocycles. The standard InChI is InChI=1S/C23H29N3O4/c1-15-9-12-26(14-16(15)2)21-19(5-4-10-24-21)22(27)25-11-8-17-6-7-18(23(28)29)20(13-17)30-3/h4-7,10,13,15-16H,8-9,11-12,14H2,1-3H3,(H,25,27)(H,28,29)/t15-,16-/m1/s1. The van der Waals surface area contributed by atoms with Crippen LogP contribution >= 0.6 is 0 Å². The molecule has 160 valence electrons. The molecule has 1 fully saturated rings. The Balaban J connectivity index is 1.64. The zero-order chi connectivity index (χ0) is 21.7. The third kappa shape index (κ3) is 4.90. The van der Waals surface area contributed by atoms with E-state index in [4.69, 9.17) is 4.74 Å². The molecular formula is C23H29N3O4. The number of piperidine rings is 1. The van der Waals surface area contributed by atoms with Crippen molar-refractivity contribution in [3.05, 3.63) is 53.2 Å². The number of nitrogens with zero attached hydrogens (tertiary/aromatic N) is 2. The molecule has 2 aromatic rings. The van der Waals surface area contributed by atoms with Crippen LogP contribution in [-0.2, 0) is 6.42 Å². The number of amides is 1. The number of aromatic carboxylic acids is 1. The monoisotopic (exact) mass is 411 g/mol. The zero-order valence-corrected chi connectivity index (χ0v) is 17.7. The highest BCUT2D eigenvalue weighted by atomic mass is 16.5. The second-order valence-electron chi connectivity index (χ2n) is 7.91. The van der Waals surface area contributed by atoms with Gasteiger partial charge < -0.3 is 20.1 Å². The van der Waals surface area contributed by atoms with E-state index in [-0.39, 0.29) is 11.5 Å². The minimum absolute atomic E-state index is 0.121. The van der Waals surface area contributed by atoms with Gasteiger partial charge in [0.1, 0.15) is 17.1 Å². The molecule has 1 aliphatic rings. The van der Waals surface area contributed by atoms with Crippen LogP contribution in [0.15, 0.2) is 36.5 Å². The number of nitrogens with one attached hydrogen (secondary N) is 1. The number of benzene rings is 1. The number of ether oxygens (including phenoxy) is 1. The van der Waals surface area contributed by atoms with Gasteiger partial charge in [0.25, 0.3) is 5.91 Å². The summed E-state index contributed by atoms with van der Waals surface area (Å²) in [7, 11) is 1.44. The van der Waals surface area contributed by atoms with Gasteiger partial charge in [-0.25, -0.2) is 9.78 Å². The van der Waals surface area contributed by atoms with Gasteiger partial charge in [-0.15, -0.1) is 0 Å². The fraction of sp³-hybridized carbons (Fsp3) is 0.435. The van der Waals surface area contributed by atoms with Crippen molar-refractivity contribution in [1.29, 1.82) is 0 Å². The van der Waals surface area contributed by atoms with Crippen LogP contribution in [0.25, 0.3) is 0 Å². The first-order chi connectivity index (χ1) is 14.4. The average molecular weight is 412 g/mol. The summed E-state index contributed by atoms with van der Waals surface area (Å²) in [6, 6.07) is 8.55. The SMILES string of the molecule is COc1cc(CCNC(=O)c2cccnc2N2CC[C@@H](C)[C@H](C)C2)ccc1C(=O)O. The Hall–Kier alpha value is -3.09. The van der Waals surface area contributed by atoms with Crippen molar-refractivity contribution in [2.45, 2.75) is 26.7 Å². The molecule has 1 aliphatic heterocycles. The van der Waals surface area contributed by atoms with E-state index in [1.54, 1.807) is 24.4 Å². The molecule has 1 saturated heterocycles. The summed E-state index contributed by atoms with van der Waals surface area (Å²) in [6.07, 6.45) is 3.38. The fourth-order valence-electron chi connectivity index (χ4n) is 3.76. The van der Waals surface area contributed by atoms with Crippen LogP contribution in [0.1, 0.15) is 46.5 Å². The largest absolute Gasteiger partial charge is 0.496 e. The summed E-state index contributed by atoms with van der Waals surface area (Å²) >= 11 is 0. The maximum Gasteiger partial charge on any atom is 0.339 e. The summed E-state index contributed by atoms with van der Waals surface area (Å²) in [6.45, 7) is 6.73. The minimum Gasteiger partial charge on any atom is -0.496 e. The average Bonchev–Trinajstić information content (AvgIpc) is 2.75. The van der Waals surface area contributed by atoms with Crippen molar-refractivity contribution in [2.75, 3.05) is 31.6 Å². The highest BCUT2D eigenvalue weighted by Gasteiger charge is 2.26. The minimum atomic E-state index is -1.03. The van der Waals surface area contributed by atoms with Crippen molar-refractivity contribution in [3.63, 3.8) is 0 Å². The van der Waals surface area contributed by atoms with Crippen LogP contribution in [0.3, 0.4) is 0 Å². The molecule has 0 aliphatic carbocycles. The van der Waals surface area contributed by atoms with Gasteiger partial charge in [-0.2, -0.15) is 0 Å². The van der Waals surface area contributed by atoms with E-state index in [1.807, 2.05) is 6.07 Å². The highest BCUT2D eigenvalue weighted by molar-refractivity contribution is 5.98. The molecular weight excluding hydrogens is 382 g/mol. The van der Waals surface area contributed by atoms with Crippen LogP contribution in [-0.4, -0.2) is 48.7 Å². The van der Waals surface area contributed by atoms with E-state index in [2.05, 4.69) is 29.0 Å². The summed E-state index contributed by atoms with van der Waals surface area (Å²) in [4.78, 5) is 30.7. The van der Waals surface area contributed by atoms with Crippen molar-refractivity contribution >= 4 is 17.7 Å². The number of carbonyl (C=O) groups excluding carboxylic acids is 1. The Morgan fingerprint density at radius 1 is 1.23 bits per heavy atom. The van der Waals surface area contributed by atoms with Crippen LogP contribution in [0.2, 0.25) is 0 Å². The molecule has 0 radical (unpaired) electrons. The number of anilines is 1. The molecule has 3 rings (SSSR count). The molecule has 1 amide bonds. The predicted molar refractivity (Wildman–Crippen MR) is 115 cm³/mol. The van der Waals surface area contributed by atoms with Gasteiger partial charge in [0, 0.05) is 25.8 Å². The molecule has 7 nitrogen and oxygen atoms in total. The van der Waals surface area contributed by atoms with Gasteiger partial charge in [0.05, 0.1) is 12.7 Å². The second kappa shape index (κ2) is 9.61. The van der Waals surface area contributed by atoms with Crippen LogP contribution in [0.5, 0.6) is 5.75 Å². The first-order valence-electron chi connectivity index (χ1n) is 10.3. The topological polar surface area (TPSA) is 91.8 Å². The Morgan fingerprint density at radius 3 is 2.73 bits per heavy atom. The normalized spacial score (nSPS) is 18.7. The molecule has 7 heteroatoms. The second-order valence-corrected chi connectivity index (χ2v) is 7.91. The number of carboxylic acids is 1. The third-order valence-electron chi connectivity index (χ3n) is 5.86. The van der Waals surface area contributed by atoms with Gasteiger partial charge in [-0.3, -0.25) is 4.79 Å². The van der Waals surface area contributed by atoms with Gasteiger partial charge in [-0.05, 0) is 54.5 Å². The summed E-state index contributed by atoms with van der Waals surface area (Å²) in [5.41, 5.74) is 1.59. The lowest BCUT2D eigenvalue weighted by Gasteiger charge is -2.36. The van der Waals surface area contributed by atoms with Crippen molar-refractivity contribution in [1.82, 2.24) is 10.3 Å². The van der Waals surface area contributed by atoms with E-state index in [0.717, 1.165) is 30.9 Å². The van der Waals surface area contributed by atoms with Crippen molar-refractivity contribution < 1.29 is 19.4 Å². The number of carboxylic acid groups (broad SMARTS) is 1. The maximum absolute atomic E-state index is 12.8. The number of methoxy groups -OCH3 is 1. The molecule has 0 spiro atoms.